The molecule has 1 amide bonds. The Hall–Kier alpha value is -1.02. The Labute approximate surface area is 84.6 Å². The van der Waals surface area contributed by atoms with Crippen LogP contribution < -0.4 is 5.73 Å². The highest BCUT2D eigenvalue weighted by atomic mass is 19.3. The number of alkyl halides is 3. The molecule has 5 nitrogen and oxygen atoms in total. The molecule has 90 valence electrons. The minimum Gasteiger partial charge on any atom is -0.413 e. The zero-order chi connectivity index (χ0) is 12.0. The fourth-order valence-corrected chi connectivity index (χ4v) is 0.994. The van der Waals surface area contributed by atoms with Crippen LogP contribution in [0.1, 0.15) is 0 Å². The SMILES string of the molecule is CN(CCO)C(C(F)F)C(F)OC(N)=O. The molecule has 0 rings (SSSR count). The minimum absolute atomic E-state index is 0.169. The Morgan fingerprint density at radius 1 is 1.53 bits per heavy atom. The Morgan fingerprint density at radius 3 is 2.40 bits per heavy atom. The molecule has 0 aromatic heterocycles. The fraction of sp³-hybridized carbons (Fsp3) is 0.857. The first-order valence-corrected chi connectivity index (χ1v) is 4.09. The topological polar surface area (TPSA) is 75.8 Å². The molecule has 0 saturated heterocycles. The van der Waals surface area contributed by atoms with Gasteiger partial charge in [0.25, 0.3) is 12.8 Å². The lowest BCUT2D eigenvalue weighted by atomic mass is 10.2. The second-order valence-electron chi connectivity index (χ2n) is 2.82. The molecule has 0 aromatic rings. The smallest absolute Gasteiger partial charge is 0.407 e. The van der Waals surface area contributed by atoms with Crippen LogP contribution >= 0.6 is 0 Å². The standard InChI is InChI=1S/C7H13F3N2O3/c1-12(2-3-13)4(5(8)9)6(10)15-7(11)14/h4-6,13H,2-3H2,1H3,(H2,11,14). The summed E-state index contributed by atoms with van der Waals surface area (Å²) in [6.45, 7) is -0.583. The summed E-state index contributed by atoms with van der Waals surface area (Å²) in [6, 6.07) is -1.94. The molecule has 2 unspecified atom stereocenters. The number of aliphatic hydroxyl groups excluding tert-OH is 1. The van der Waals surface area contributed by atoms with Crippen molar-refractivity contribution in [2.45, 2.75) is 18.8 Å². The molecular weight excluding hydrogens is 217 g/mol. The van der Waals surface area contributed by atoms with Crippen LogP contribution in [0, 0.1) is 0 Å². The highest BCUT2D eigenvalue weighted by molar-refractivity contribution is 5.64. The van der Waals surface area contributed by atoms with E-state index in [0.29, 0.717) is 0 Å². The van der Waals surface area contributed by atoms with Gasteiger partial charge in [0.2, 0.25) is 0 Å². The molecule has 0 aliphatic rings. The molecule has 0 saturated carbocycles. The molecular formula is C7H13F3N2O3. The van der Waals surface area contributed by atoms with E-state index in [1.807, 2.05) is 0 Å². The third-order valence-corrected chi connectivity index (χ3v) is 1.72. The van der Waals surface area contributed by atoms with E-state index in [-0.39, 0.29) is 6.54 Å². The van der Waals surface area contributed by atoms with Gasteiger partial charge in [-0.1, -0.05) is 0 Å². The van der Waals surface area contributed by atoms with Crippen LogP contribution in [-0.2, 0) is 4.74 Å². The Bertz CT molecular complexity index is 206. The predicted octanol–water partition coefficient (Wildman–Crippen LogP) is -0.0649. The Morgan fingerprint density at radius 2 is 2.07 bits per heavy atom. The van der Waals surface area contributed by atoms with Gasteiger partial charge in [0.15, 0.2) is 0 Å². The zero-order valence-electron chi connectivity index (χ0n) is 8.07. The third kappa shape index (κ3) is 4.84. The number of likely N-dealkylation sites (N-methyl/N-ethyl adjacent to an activating group) is 1. The van der Waals surface area contributed by atoms with Crippen molar-refractivity contribution in [2.75, 3.05) is 20.2 Å². The second kappa shape index (κ2) is 6.46. The van der Waals surface area contributed by atoms with Crippen LogP contribution in [-0.4, -0.2) is 55.1 Å². The van der Waals surface area contributed by atoms with E-state index in [2.05, 4.69) is 10.5 Å². The molecule has 0 bridgehead atoms. The number of ether oxygens (including phenoxy) is 1. The number of hydrogen-bond acceptors (Lipinski definition) is 4. The van der Waals surface area contributed by atoms with Gasteiger partial charge in [-0.3, -0.25) is 4.90 Å². The van der Waals surface area contributed by atoms with E-state index in [0.717, 1.165) is 4.90 Å². The molecule has 0 aliphatic carbocycles. The van der Waals surface area contributed by atoms with Crippen molar-refractivity contribution in [3.63, 3.8) is 0 Å². The molecule has 0 aromatic carbocycles. The molecule has 8 heteroatoms. The summed E-state index contributed by atoms with van der Waals surface area (Å²) >= 11 is 0. The predicted molar refractivity (Wildman–Crippen MR) is 45.1 cm³/mol. The first-order valence-electron chi connectivity index (χ1n) is 4.09. The van der Waals surface area contributed by atoms with Gasteiger partial charge in [-0.25, -0.2) is 13.6 Å². The number of primary amides is 1. The molecule has 0 fully saturated rings. The van der Waals surface area contributed by atoms with E-state index >= 15 is 0 Å². The average Bonchev–Trinajstić information content (AvgIpc) is 2.01. The fourth-order valence-electron chi connectivity index (χ4n) is 0.994. The number of nitrogens with two attached hydrogens (primary N) is 1. The van der Waals surface area contributed by atoms with Crippen LogP contribution in [0.5, 0.6) is 0 Å². The maximum absolute atomic E-state index is 13.0. The van der Waals surface area contributed by atoms with Crippen LogP contribution in [0.25, 0.3) is 0 Å². The number of nitrogens with zero attached hydrogens (tertiary/aromatic N) is 1. The van der Waals surface area contributed by atoms with Gasteiger partial charge in [-0.2, -0.15) is 4.39 Å². The third-order valence-electron chi connectivity index (χ3n) is 1.72. The van der Waals surface area contributed by atoms with Gasteiger partial charge in [0.1, 0.15) is 6.04 Å². The van der Waals surface area contributed by atoms with E-state index in [1.165, 1.54) is 7.05 Å². The van der Waals surface area contributed by atoms with Crippen molar-refractivity contribution >= 4 is 6.09 Å². The van der Waals surface area contributed by atoms with Gasteiger partial charge in [-0.15, -0.1) is 0 Å². The van der Waals surface area contributed by atoms with Gasteiger partial charge < -0.3 is 15.6 Å². The summed E-state index contributed by atoms with van der Waals surface area (Å²) in [7, 11) is 1.17. The second-order valence-corrected chi connectivity index (χ2v) is 2.82. The van der Waals surface area contributed by atoms with Gasteiger partial charge in [0, 0.05) is 6.54 Å². The van der Waals surface area contributed by atoms with Crippen molar-refractivity contribution in [1.29, 1.82) is 0 Å². The average molecular weight is 230 g/mol. The van der Waals surface area contributed by atoms with Gasteiger partial charge in [-0.05, 0) is 7.05 Å². The van der Waals surface area contributed by atoms with Crippen molar-refractivity contribution in [3.8, 4) is 0 Å². The number of aliphatic hydroxyl groups is 1. The van der Waals surface area contributed by atoms with Crippen molar-refractivity contribution in [2.24, 2.45) is 5.73 Å². The maximum atomic E-state index is 13.0. The van der Waals surface area contributed by atoms with Crippen LogP contribution in [0.15, 0.2) is 0 Å². The lowest BCUT2D eigenvalue weighted by Gasteiger charge is -2.28. The minimum atomic E-state index is -3.06. The van der Waals surface area contributed by atoms with Gasteiger partial charge >= 0.3 is 6.09 Å². The number of hydrogen-bond donors (Lipinski definition) is 2. The summed E-state index contributed by atoms with van der Waals surface area (Å²) in [5, 5.41) is 8.49. The first-order chi connectivity index (χ1) is 6.90. The summed E-state index contributed by atoms with van der Waals surface area (Å²) in [5.74, 6) is 0. The monoisotopic (exact) mass is 230 g/mol. The van der Waals surface area contributed by atoms with Crippen molar-refractivity contribution < 1.29 is 27.8 Å². The lowest BCUT2D eigenvalue weighted by Crippen LogP contribution is -2.47. The lowest BCUT2D eigenvalue weighted by molar-refractivity contribution is -0.0969. The zero-order valence-corrected chi connectivity index (χ0v) is 8.07. The van der Waals surface area contributed by atoms with E-state index in [4.69, 9.17) is 5.11 Å². The Kier molecular flexibility index (Phi) is 6.02. The maximum Gasteiger partial charge on any atom is 0.407 e. The summed E-state index contributed by atoms with van der Waals surface area (Å²) in [6.07, 6.45) is -7.06. The first kappa shape index (κ1) is 14.0. The molecule has 0 radical (unpaired) electrons. The number of carbonyl (C=O) groups is 1. The normalized spacial score (nSPS) is 15.4. The highest BCUT2D eigenvalue weighted by Crippen LogP contribution is 2.16. The number of halogens is 3. The summed E-state index contributed by atoms with van der Waals surface area (Å²) in [4.78, 5) is 11.0. The highest BCUT2D eigenvalue weighted by Gasteiger charge is 2.35. The van der Waals surface area contributed by atoms with Crippen molar-refractivity contribution in [1.82, 2.24) is 4.90 Å². The van der Waals surface area contributed by atoms with Crippen LogP contribution in [0.4, 0.5) is 18.0 Å². The molecule has 2 atom stereocenters. The number of rotatable bonds is 6. The largest absolute Gasteiger partial charge is 0.413 e. The summed E-state index contributed by atoms with van der Waals surface area (Å²) < 4.78 is 41.6. The van der Waals surface area contributed by atoms with Gasteiger partial charge in [0.05, 0.1) is 6.61 Å². The van der Waals surface area contributed by atoms with Crippen molar-refractivity contribution in [3.05, 3.63) is 0 Å². The quantitative estimate of drug-likeness (QED) is 0.670. The molecule has 0 aliphatic heterocycles. The molecule has 0 heterocycles. The number of carbonyl (C=O) groups excluding carboxylic acids is 1. The number of amides is 1. The van der Waals surface area contributed by atoms with E-state index < -0.39 is 31.5 Å². The summed E-state index contributed by atoms with van der Waals surface area (Å²) in [5.41, 5.74) is 4.49. The van der Waals surface area contributed by atoms with Crippen LogP contribution in [0.3, 0.4) is 0 Å². The van der Waals surface area contributed by atoms with E-state index in [9.17, 15) is 18.0 Å². The molecule has 0 spiro atoms. The molecule has 15 heavy (non-hydrogen) atoms. The molecule has 3 N–H and O–H groups in total. The Balaban J connectivity index is 4.43. The van der Waals surface area contributed by atoms with E-state index in [1.54, 1.807) is 0 Å². The van der Waals surface area contributed by atoms with Crippen LogP contribution in [0.2, 0.25) is 0 Å².